The summed E-state index contributed by atoms with van der Waals surface area (Å²) in [5.74, 6) is -0.702. The molecule has 2 aromatic carbocycles. The normalized spacial score (nSPS) is 10.2. The van der Waals surface area contributed by atoms with E-state index in [2.05, 4.69) is 5.10 Å². The van der Waals surface area contributed by atoms with Gasteiger partial charge in [0.2, 0.25) is 0 Å². The third kappa shape index (κ3) is 3.16. The third-order valence-corrected chi connectivity index (χ3v) is 2.96. The van der Waals surface area contributed by atoms with E-state index >= 15 is 0 Å². The molecule has 102 valence electrons. The summed E-state index contributed by atoms with van der Waals surface area (Å²) in [5.41, 5.74) is 1.61. The number of hydrogen-bond donors (Lipinski definition) is 1. The van der Waals surface area contributed by atoms with E-state index in [-0.39, 0.29) is 36.7 Å². The van der Waals surface area contributed by atoms with Crippen LogP contribution in [0.5, 0.6) is 0 Å². The van der Waals surface area contributed by atoms with Crippen LogP contribution in [0.3, 0.4) is 0 Å². The summed E-state index contributed by atoms with van der Waals surface area (Å²) >= 11 is 0. The molecule has 0 spiro atoms. The molecule has 21 heavy (non-hydrogen) atoms. The van der Waals surface area contributed by atoms with E-state index in [4.69, 9.17) is 0 Å². The van der Waals surface area contributed by atoms with Crippen molar-refractivity contribution in [1.29, 1.82) is 0 Å². The number of aromatic amines is 1. The van der Waals surface area contributed by atoms with Gasteiger partial charge in [0.1, 0.15) is 11.6 Å². The Balaban J connectivity index is 0.00000161. The van der Waals surface area contributed by atoms with Crippen molar-refractivity contribution in [3.63, 3.8) is 0 Å². The number of nitrogens with one attached hydrogen (secondary N) is 1. The zero-order chi connectivity index (χ0) is 14.1. The first kappa shape index (κ1) is 15.3. The van der Waals surface area contributed by atoms with E-state index in [1.165, 1.54) is 35.0 Å². The number of halogens is 2. The summed E-state index contributed by atoms with van der Waals surface area (Å²) in [6.07, 6.45) is 0. The fraction of sp³-hybridized carbons (Fsp3) is 0. The summed E-state index contributed by atoms with van der Waals surface area (Å²) in [6.45, 7) is 0. The SMILES string of the molecule is O=c1cc(-c2ccc(F)cc2)n(-c2ccc(F)cc2)[nH]1.[Zn]. The van der Waals surface area contributed by atoms with Gasteiger partial charge in [0.05, 0.1) is 11.4 Å². The smallest absolute Gasteiger partial charge is 0.265 e. The van der Waals surface area contributed by atoms with Crippen LogP contribution in [0.15, 0.2) is 59.4 Å². The van der Waals surface area contributed by atoms with Gasteiger partial charge in [0, 0.05) is 31.1 Å². The Morgan fingerprint density at radius 2 is 1.38 bits per heavy atom. The van der Waals surface area contributed by atoms with Gasteiger partial charge in [-0.15, -0.1) is 0 Å². The van der Waals surface area contributed by atoms with E-state index in [0.29, 0.717) is 16.9 Å². The van der Waals surface area contributed by atoms with Crippen LogP contribution in [-0.2, 0) is 19.5 Å². The molecule has 1 aromatic heterocycles. The maximum Gasteiger partial charge on any atom is 0.265 e. The molecule has 0 atom stereocenters. The molecule has 0 aliphatic heterocycles. The van der Waals surface area contributed by atoms with Gasteiger partial charge in [0.15, 0.2) is 0 Å². The van der Waals surface area contributed by atoms with E-state index < -0.39 is 0 Å². The van der Waals surface area contributed by atoms with E-state index in [9.17, 15) is 13.6 Å². The number of rotatable bonds is 2. The van der Waals surface area contributed by atoms with Gasteiger partial charge in [-0.05, 0) is 48.5 Å². The molecule has 0 fully saturated rings. The molecule has 3 nitrogen and oxygen atoms in total. The fourth-order valence-electron chi connectivity index (χ4n) is 2.02. The molecule has 0 saturated heterocycles. The quantitative estimate of drug-likeness (QED) is 0.717. The van der Waals surface area contributed by atoms with Crippen molar-refractivity contribution in [3.8, 4) is 16.9 Å². The summed E-state index contributed by atoms with van der Waals surface area (Å²) in [6, 6.07) is 12.9. The van der Waals surface area contributed by atoms with Gasteiger partial charge in [-0.25, -0.2) is 8.78 Å². The van der Waals surface area contributed by atoms with Crippen molar-refractivity contribution in [1.82, 2.24) is 9.78 Å². The van der Waals surface area contributed by atoms with Crippen molar-refractivity contribution < 1.29 is 28.3 Å². The first-order chi connectivity index (χ1) is 9.63. The van der Waals surface area contributed by atoms with Gasteiger partial charge in [-0.3, -0.25) is 14.6 Å². The summed E-state index contributed by atoms with van der Waals surface area (Å²) in [5, 5.41) is 2.64. The predicted octanol–water partition coefficient (Wildman–Crippen LogP) is 3.11. The van der Waals surface area contributed by atoms with Gasteiger partial charge < -0.3 is 0 Å². The molecule has 0 bridgehead atoms. The molecule has 3 aromatic rings. The number of hydrogen-bond acceptors (Lipinski definition) is 1. The largest absolute Gasteiger partial charge is 0.268 e. The first-order valence-electron chi connectivity index (χ1n) is 5.97. The zero-order valence-corrected chi connectivity index (χ0v) is 14.0. The van der Waals surface area contributed by atoms with E-state index in [0.717, 1.165) is 0 Å². The molecule has 0 amide bonds. The van der Waals surface area contributed by atoms with Gasteiger partial charge in [-0.1, -0.05) is 0 Å². The monoisotopic (exact) mass is 336 g/mol. The Morgan fingerprint density at radius 1 is 0.857 bits per heavy atom. The minimum absolute atomic E-state index is 0. The van der Waals surface area contributed by atoms with Crippen molar-refractivity contribution >= 4 is 0 Å². The molecule has 1 heterocycles. The molecular weight excluding hydrogens is 328 g/mol. The minimum atomic E-state index is -0.355. The molecule has 1 N–H and O–H groups in total. The molecule has 3 rings (SSSR count). The van der Waals surface area contributed by atoms with E-state index in [1.54, 1.807) is 24.3 Å². The Bertz CT molecular complexity index is 726. The van der Waals surface area contributed by atoms with Gasteiger partial charge >= 0.3 is 0 Å². The van der Waals surface area contributed by atoms with Crippen LogP contribution in [0.4, 0.5) is 8.78 Å². The number of benzene rings is 2. The van der Waals surface area contributed by atoms with Crippen LogP contribution < -0.4 is 5.56 Å². The fourth-order valence-corrected chi connectivity index (χ4v) is 2.02. The average molecular weight is 338 g/mol. The van der Waals surface area contributed by atoms with Crippen LogP contribution in [-0.4, -0.2) is 9.78 Å². The zero-order valence-electron chi connectivity index (χ0n) is 11.0. The predicted molar refractivity (Wildman–Crippen MR) is 71.7 cm³/mol. The molecule has 0 saturated carbocycles. The van der Waals surface area contributed by atoms with Gasteiger partial charge in [-0.2, -0.15) is 0 Å². The van der Waals surface area contributed by atoms with E-state index in [1.807, 2.05) is 0 Å². The average Bonchev–Trinajstić information content (AvgIpc) is 2.82. The first-order valence-corrected chi connectivity index (χ1v) is 5.97. The molecule has 0 radical (unpaired) electrons. The van der Waals surface area contributed by atoms with Crippen LogP contribution >= 0.6 is 0 Å². The Morgan fingerprint density at radius 3 is 1.95 bits per heavy atom. The maximum atomic E-state index is 13.0. The Labute approximate surface area is 132 Å². The third-order valence-electron chi connectivity index (χ3n) is 2.96. The Kier molecular flexibility index (Phi) is 4.48. The molecular formula is C15H10F2N2OZn. The summed E-state index contributed by atoms with van der Waals surface area (Å²) in [4.78, 5) is 11.6. The molecule has 0 aliphatic rings. The molecule has 0 aliphatic carbocycles. The van der Waals surface area contributed by atoms with Crippen molar-refractivity contribution in [3.05, 3.63) is 76.6 Å². The van der Waals surface area contributed by atoms with Crippen LogP contribution in [0.1, 0.15) is 0 Å². The minimum Gasteiger partial charge on any atom is -0.268 e. The molecule has 6 heteroatoms. The van der Waals surface area contributed by atoms with Crippen molar-refractivity contribution in [2.24, 2.45) is 0 Å². The van der Waals surface area contributed by atoms with Crippen LogP contribution in [0, 0.1) is 11.6 Å². The standard InChI is InChI=1S/C15H10F2N2O.Zn/c16-11-3-1-10(2-4-11)14-9-15(20)18-19(14)13-7-5-12(17)6-8-13;/h1-9H,(H,18,20);. The van der Waals surface area contributed by atoms with Crippen molar-refractivity contribution in [2.45, 2.75) is 0 Å². The van der Waals surface area contributed by atoms with Crippen LogP contribution in [0.2, 0.25) is 0 Å². The second-order valence-electron chi connectivity index (χ2n) is 4.32. The number of H-pyrrole nitrogens is 1. The number of nitrogens with zero attached hydrogens (tertiary/aromatic N) is 1. The molecule has 0 unspecified atom stereocenters. The topological polar surface area (TPSA) is 37.8 Å². The van der Waals surface area contributed by atoms with Crippen molar-refractivity contribution in [2.75, 3.05) is 0 Å². The number of aromatic nitrogens is 2. The summed E-state index contributed by atoms with van der Waals surface area (Å²) < 4.78 is 27.4. The maximum absolute atomic E-state index is 13.0. The summed E-state index contributed by atoms with van der Waals surface area (Å²) in [7, 11) is 0. The second kappa shape index (κ2) is 6.14. The second-order valence-corrected chi connectivity index (χ2v) is 4.32. The van der Waals surface area contributed by atoms with Gasteiger partial charge in [0.25, 0.3) is 5.56 Å². The van der Waals surface area contributed by atoms with Crippen LogP contribution in [0.25, 0.3) is 16.9 Å². The Hall–Kier alpha value is -2.07.